The first kappa shape index (κ1) is 12.2. The van der Waals surface area contributed by atoms with Gasteiger partial charge < -0.3 is 15.0 Å². The first-order valence-corrected chi connectivity index (χ1v) is 5.65. The second-order valence-corrected chi connectivity index (χ2v) is 3.98. The van der Waals surface area contributed by atoms with E-state index < -0.39 is 5.97 Å². The van der Waals surface area contributed by atoms with E-state index in [9.17, 15) is 9.59 Å². The molecule has 2 N–H and O–H groups in total. The summed E-state index contributed by atoms with van der Waals surface area (Å²) in [5, 5.41) is 12.6. The van der Waals surface area contributed by atoms with Crippen LogP contribution in [-0.4, -0.2) is 28.6 Å². The van der Waals surface area contributed by atoms with Crippen LogP contribution in [0.25, 0.3) is 10.9 Å². The van der Waals surface area contributed by atoms with Gasteiger partial charge in [-0.25, -0.2) is 4.79 Å². The fraction of sp³-hybridized carbons (Fsp3) is 0.231. The third-order valence-electron chi connectivity index (χ3n) is 2.88. The van der Waals surface area contributed by atoms with E-state index in [1.165, 1.54) is 0 Å². The number of carbonyl (C=O) groups is 2. The average molecular weight is 246 g/mol. The number of nitrogens with zero attached hydrogens (tertiary/aromatic N) is 1. The van der Waals surface area contributed by atoms with Crippen molar-refractivity contribution in [1.82, 2.24) is 9.88 Å². The summed E-state index contributed by atoms with van der Waals surface area (Å²) in [7, 11) is 1.58. The number of rotatable bonds is 4. The predicted molar refractivity (Wildman–Crippen MR) is 67.6 cm³/mol. The molecule has 0 saturated carbocycles. The summed E-state index contributed by atoms with van der Waals surface area (Å²) in [5.74, 6) is -1.02. The van der Waals surface area contributed by atoms with Crippen molar-refractivity contribution in [3.63, 3.8) is 0 Å². The molecule has 1 heterocycles. The molecule has 1 amide bonds. The molecule has 5 nitrogen and oxygen atoms in total. The van der Waals surface area contributed by atoms with Gasteiger partial charge in [0.25, 0.3) is 0 Å². The van der Waals surface area contributed by atoms with Crippen LogP contribution in [0.3, 0.4) is 0 Å². The highest BCUT2D eigenvalue weighted by Crippen LogP contribution is 2.20. The second kappa shape index (κ2) is 4.91. The number of amides is 1. The zero-order valence-corrected chi connectivity index (χ0v) is 10.0. The number of fused-ring (bicyclic) bond motifs is 1. The molecule has 0 spiro atoms. The molecule has 0 aliphatic heterocycles. The van der Waals surface area contributed by atoms with Crippen molar-refractivity contribution < 1.29 is 14.7 Å². The molecule has 1 aromatic heterocycles. The lowest BCUT2D eigenvalue weighted by Gasteiger charge is -2.07. The Balaban J connectivity index is 2.39. The molecular weight excluding hydrogens is 232 g/mol. The maximum atomic E-state index is 11.2. The van der Waals surface area contributed by atoms with E-state index in [2.05, 4.69) is 5.32 Å². The first-order chi connectivity index (χ1) is 8.63. The van der Waals surface area contributed by atoms with E-state index >= 15 is 0 Å². The topological polar surface area (TPSA) is 71.3 Å². The molecule has 0 radical (unpaired) electrons. The molecule has 5 heteroatoms. The zero-order chi connectivity index (χ0) is 13.1. The Morgan fingerprint density at radius 2 is 2.11 bits per heavy atom. The van der Waals surface area contributed by atoms with E-state index in [1.807, 2.05) is 12.1 Å². The summed E-state index contributed by atoms with van der Waals surface area (Å²) in [5.41, 5.74) is 0.920. The van der Waals surface area contributed by atoms with Gasteiger partial charge in [0.2, 0.25) is 5.91 Å². The summed E-state index contributed by atoms with van der Waals surface area (Å²) in [4.78, 5) is 22.4. The molecule has 0 aliphatic carbocycles. The van der Waals surface area contributed by atoms with Crippen LogP contribution in [0.2, 0.25) is 0 Å². The minimum Gasteiger partial charge on any atom is -0.478 e. The Hall–Kier alpha value is -2.30. The number of benzene rings is 1. The smallest absolute Gasteiger partial charge is 0.337 e. The molecule has 1 aromatic carbocycles. The number of aromatic nitrogens is 1. The van der Waals surface area contributed by atoms with Crippen molar-refractivity contribution >= 4 is 22.8 Å². The van der Waals surface area contributed by atoms with Crippen LogP contribution < -0.4 is 5.32 Å². The Morgan fingerprint density at radius 3 is 2.78 bits per heavy atom. The minimum absolute atomic E-state index is 0.0651. The molecule has 0 unspecified atom stereocenters. The van der Waals surface area contributed by atoms with E-state index in [0.717, 1.165) is 5.39 Å². The summed E-state index contributed by atoms with van der Waals surface area (Å²) < 4.78 is 1.80. The number of para-hydroxylation sites is 1. The molecule has 94 valence electrons. The van der Waals surface area contributed by atoms with Crippen LogP contribution in [-0.2, 0) is 11.3 Å². The van der Waals surface area contributed by atoms with Crippen molar-refractivity contribution in [3.05, 3.63) is 36.0 Å². The fourth-order valence-electron chi connectivity index (χ4n) is 1.97. The lowest BCUT2D eigenvalue weighted by atomic mass is 10.1. The van der Waals surface area contributed by atoms with Gasteiger partial charge in [-0.15, -0.1) is 0 Å². The lowest BCUT2D eigenvalue weighted by molar-refractivity contribution is -0.120. The predicted octanol–water partition coefficient (Wildman–Crippen LogP) is 1.48. The van der Waals surface area contributed by atoms with Gasteiger partial charge in [-0.1, -0.05) is 12.1 Å². The average Bonchev–Trinajstić information content (AvgIpc) is 2.78. The molecule has 0 fully saturated rings. The number of aromatic carboxylic acids is 1. The Morgan fingerprint density at radius 1 is 1.33 bits per heavy atom. The normalized spacial score (nSPS) is 10.5. The van der Waals surface area contributed by atoms with E-state index in [4.69, 9.17) is 5.11 Å². The van der Waals surface area contributed by atoms with E-state index in [1.54, 1.807) is 29.9 Å². The van der Waals surface area contributed by atoms with E-state index in [-0.39, 0.29) is 11.5 Å². The standard InChI is InChI=1S/C13H14N2O3/c1-14-11(16)6-8-15-7-5-9-3-2-4-10(12(9)15)13(17)18/h2-5,7H,6,8H2,1H3,(H,14,16)(H,17,18). The summed E-state index contributed by atoms with van der Waals surface area (Å²) in [6.07, 6.45) is 2.13. The van der Waals surface area contributed by atoms with Crippen molar-refractivity contribution in [2.45, 2.75) is 13.0 Å². The maximum Gasteiger partial charge on any atom is 0.337 e. The lowest BCUT2D eigenvalue weighted by Crippen LogP contribution is -2.19. The van der Waals surface area contributed by atoms with E-state index in [0.29, 0.717) is 18.5 Å². The van der Waals surface area contributed by atoms with Gasteiger partial charge in [0.05, 0.1) is 11.1 Å². The summed E-state index contributed by atoms with van der Waals surface area (Å²) in [6, 6.07) is 7.00. The van der Waals surface area contributed by atoms with Crippen LogP contribution in [0.15, 0.2) is 30.5 Å². The fourth-order valence-corrected chi connectivity index (χ4v) is 1.97. The van der Waals surface area contributed by atoms with Crippen LogP contribution in [0.4, 0.5) is 0 Å². The quantitative estimate of drug-likeness (QED) is 0.858. The van der Waals surface area contributed by atoms with Gasteiger partial charge in [0.15, 0.2) is 0 Å². The molecule has 0 aliphatic rings. The Labute approximate surface area is 104 Å². The summed E-state index contributed by atoms with van der Waals surface area (Å²) in [6.45, 7) is 0.466. The highest BCUT2D eigenvalue weighted by atomic mass is 16.4. The second-order valence-electron chi connectivity index (χ2n) is 3.98. The number of hydrogen-bond donors (Lipinski definition) is 2. The molecule has 2 rings (SSSR count). The highest BCUT2D eigenvalue weighted by molar-refractivity contribution is 6.02. The molecular formula is C13H14N2O3. The number of carbonyl (C=O) groups excluding carboxylic acids is 1. The summed E-state index contributed by atoms with van der Waals surface area (Å²) >= 11 is 0. The van der Waals surface area contributed by atoms with Gasteiger partial charge >= 0.3 is 5.97 Å². The van der Waals surface area contributed by atoms with Gasteiger partial charge in [0, 0.05) is 31.6 Å². The molecule has 0 atom stereocenters. The third-order valence-corrected chi connectivity index (χ3v) is 2.88. The van der Waals surface area contributed by atoms with Gasteiger partial charge in [-0.3, -0.25) is 4.79 Å². The largest absolute Gasteiger partial charge is 0.478 e. The number of carboxylic acid groups (broad SMARTS) is 1. The van der Waals surface area contributed by atoms with Crippen LogP contribution in [0, 0.1) is 0 Å². The number of aryl methyl sites for hydroxylation is 1. The third kappa shape index (κ3) is 2.20. The van der Waals surface area contributed by atoms with Crippen molar-refractivity contribution in [2.75, 3.05) is 7.05 Å². The van der Waals surface area contributed by atoms with Crippen molar-refractivity contribution in [1.29, 1.82) is 0 Å². The zero-order valence-electron chi connectivity index (χ0n) is 10.0. The van der Waals surface area contributed by atoms with Gasteiger partial charge in [-0.05, 0) is 12.1 Å². The Kier molecular flexibility index (Phi) is 3.32. The van der Waals surface area contributed by atoms with Crippen molar-refractivity contribution in [3.8, 4) is 0 Å². The molecule has 0 saturated heterocycles. The minimum atomic E-state index is -0.958. The number of carboxylic acids is 1. The Bertz CT molecular complexity index is 601. The van der Waals surface area contributed by atoms with Gasteiger partial charge in [0.1, 0.15) is 0 Å². The SMILES string of the molecule is CNC(=O)CCn1ccc2cccc(C(=O)O)c21. The molecule has 2 aromatic rings. The highest BCUT2D eigenvalue weighted by Gasteiger charge is 2.12. The molecule has 18 heavy (non-hydrogen) atoms. The van der Waals surface area contributed by atoms with Gasteiger partial charge in [-0.2, -0.15) is 0 Å². The van der Waals surface area contributed by atoms with Crippen molar-refractivity contribution in [2.24, 2.45) is 0 Å². The maximum absolute atomic E-state index is 11.2. The first-order valence-electron chi connectivity index (χ1n) is 5.65. The molecule has 0 bridgehead atoms. The van der Waals surface area contributed by atoms with Crippen LogP contribution in [0.1, 0.15) is 16.8 Å². The van der Waals surface area contributed by atoms with Crippen LogP contribution in [0.5, 0.6) is 0 Å². The van der Waals surface area contributed by atoms with Crippen LogP contribution >= 0.6 is 0 Å². The number of hydrogen-bond acceptors (Lipinski definition) is 2. The number of nitrogens with one attached hydrogen (secondary N) is 1. The monoisotopic (exact) mass is 246 g/mol.